The van der Waals surface area contributed by atoms with Gasteiger partial charge in [-0.1, -0.05) is 60.7 Å². The summed E-state index contributed by atoms with van der Waals surface area (Å²) in [5.41, 5.74) is 3.23. The van der Waals surface area contributed by atoms with E-state index < -0.39 is 0 Å². The number of hydrogen-bond acceptors (Lipinski definition) is 4. The molecular weight excluding hydrogens is 370 g/mol. The maximum absolute atomic E-state index is 12.3. The van der Waals surface area contributed by atoms with E-state index in [9.17, 15) is 9.59 Å². The molecule has 1 aliphatic rings. The van der Waals surface area contributed by atoms with E-state index in [0.717, 1.165) is 33.4 Å². The van der Waals surface area contributed by atoms with Crippen LogP contribution in [0.5, 0.6) is 0 Å². The van der Waals surface area contributed by atoms with Gasteiger partial charge in [-0.2, -0.15) is 0 Å². The van der Waals surface area contributed by atoms with Crippen LogP contribution in [0.15, 0.2) is 88.7 Å². The van der Waals surface area contributed by atoms with E-state index in [2.05, 4.69) is 18.7 Å². The Hall–Kier alpha value is -3.31. The van der Waals surface area contributed by atoms with Crippen LogP contribution in [0.2, 0.25) is 0 Å². The van der Waals surface area contributed by atoms with Crippen molar-refractivity contribution in [3.8, 4) is 22.5 Å². The first kappa shape index (κ1) is 18.1. The molecule has 2 amide bonds. The average Bonchev–Trinajstić information content (AvgIpc) is 3.29. The lowest BCUT2D eigenvalue weighted by atomic mass is 10.0. The highest BCUT2D eigenvalue weighted by molar-refractivity contribution is 8.18. The molecule has 0 atom stereocenters. The first-order chi connectivity index (χ1) is 13.7. The number of nitrogens with zero attached hydrogens (tertiary/aromatic N) is 1. The third-order valence-corrected chi connectivity index (χ3v) is 5.27. The second-order valence-corrected chi connectivity index (χ2v) is 7.22. The fourth-order valence-electron chi connectivity index (χ4n) is 2.96. The number of benzene rings is 2. The molecule has 4 nitrogen and oxygen atoms in total. The quantitative estimate of drug-likeness (QED) is 0.408. The number of imide groups is 1. The highest BCUT2D eigenvalue weighted by Crippen LogP contribution is 2.33. The minimum absolute atomic E-state index is 0.208. The summed E-state index contributed by atoms with van der Waals surface area (Å²) in [4.78, 5) is 25.7. The van der Waals surface area contributed by atoms with Crippen molar-refractivity contribution >= 4 is 29.0 Å². The number of carbonyl (C=O) groups excluding carboxylic acids is 2. The predicted molar refractivity (Wildman–Crippen MR) is 112 cm³/mol. The number of furan rings is 1. The minimum atomic E-state index is -0.319. The van der Waals surface area contributed by atoms with Crippen LogP contribution < -0.4 is 0 Å². The molecule has 2 aromatic carbocycles. The third kappa shape index (κ3) is 3.57. The largest absolute Gasteiger partial charge is 0.457 e. The van der Waals surface area contributed by atoms with Crippen molar-refractivity contribution in [3.63, 3.8) is 0 Å². The molecule has 1 saturated heterocycles. The van der Waals surface area contributed by atoms with Gasteiger partial charge in [0.15, 0.2) is 0 Å². The summed E-state index contributed by atoms with van der Waals surface area (Å²) in [5.74, 6) is 0.919. The van der Waals surface area contributed by atoms with E-state index in [4.69, 9.17) is 4.42 Å². The molecule has 0 aliphatic carbocycles. The van der Waals surface area contributed by atoms with Gasteiger partial charge in [0.25, 0.3) is 11.1 Å². The minimum Gasteiger partial charge on any atom is -0.457 e. The summed E-state index contributed by atoms with van der Waals surface area (Å²) in [6.07, 6.45) is 3.14. The van der Waals surface area contributed by atoms with Crippen molar-refractivity contribution in [1.82, 2.24) is 4.90 Å². The molecule has 0 radical (unpaired) electrons. The molecule has 138 valence electrons. The molecule has 0 bridgehead atoms. The van der Waals surface area contributed by atoms with Crippen LogP contribution in [0, 0.1) is 0 Å². The maximum atomic E-state index is 12.3. The van der Waals surface area contributed by atoms with Crippen LogP contribution in [-0.2, 0) is 4.79 Å². The zero-order valence-electron chi connectivity index (χ0n) is 15.0. The molecule has 0 unspecified atom stereocenters. The Kier molecular flexibility index (Phi) is 5.00. The van der Waals surface area contributed by atoms with E-state index in [0.29, 0.717) is 16.4 Å². The van der Waals surface area contributed by atoms with Crippen LogP contribution in [0.25, 0.3) is 28.5 Å². The normalized spacial score (nSPS) is 15.4. The molecule has 3 aromatic rings. The van der Waals surface area contributed by atoms with Gasteiger partial charge < -0.3 is 4.42 Å². The molecule has 2 heterocycles. The summed E-state index contributed by atoms with van der Waals surface area (Å²) in [5, 5.41) is -0.292. The van der Waals surface area contributed by atoms with Gasteiger partial charge in [0.05, 0.1) is 4.91 Å². The number of hydrogen-bond donors (Lipinski definition) is 0. The number of amides is 2. The fraction of sp³-hybridized carbons (Fsp3) is 0.0435. The van der Waals surface area contributed by atoms with Crippen LogP contribution in [0.4, 0.5) is 4.79 Å². The summed E-state index contributed by atoms with van der Waals surface area (Å²) >= 11 is 0.912. The van der Waals surface area contributed by atoms with Crippen LogP contribution in [0.1, 0.15) is 5.76 Å². The van der Waals surface area contributed by atoms with E-state index >= 15 is 0 Å². The van der Waals surface area contributed by atoms with Gasteiger partial charge in [0.2, 0.25) is 0 Å². The van der Waals surface area contributed by atoms with Crippen molar-refractivity contribution in [2.75, 3.05) is 6.54 Å². The van der Waals surface area contributed by atoms with Crippen molar-refractivity contribution in [2.45, 2.75) is 0 Å². The van der Waals surface area contributed by atoms with Crippen LogP contribution in [-0.4, -0.2) is 22.6 Å². The van der Waals surface area contributed by atoms with Crippen LogP contribution in [0.3, 0.4) is 0 Å². The zero-order valence-corrected chi connectivity index (χ0v) is 15.8. The molecule has 1 fully saturated rings. The van der Waals surface area contributed by atoms with Gasteiger partial charge in [0, 0.05) is 18.2 Å². The molecular formula is C23H17NO3S. The number of rotatable bonds is 5. The standard InChI is InChI=1S/C23H17NO3S/c1-2-14-24-22(25)21(28-23(24)26)15-19-12-13-20(27-19)18-10-8-17(9-11-18)16-6-4-3-5-7-16/h2-13,15H,1,14H2/b21-15+. The topological polar surface area (TPSA) is 50.5 Å². The Balaban J connectivity index is 1.54. The van der Waals surface area contributed by atoms with Crippen molar-refractivity contribution in [1.29, 1.82) is 0 Å². The molecule has 0 N–H and O–H groups in total. The zero-order chi connectivity index (χ0) is 19.5. The second kappa shape index (κ2) is 7.74. The van der Waals surface area contributed by atoms with Gasteiger partial charge in [-0.25, -0.2) is 0 Å². The lowest BCUT2D eigenvalue weighted by Crippen LogP contribution is -2.27. The van der Waals surface area contributed by atoms with Gasteiger partial charge in [0.1, 0.15) is 11.5 Å². The van der Waals surface area contributed by atoms with Gasteiger partial charge in [-0.3, -0.25) is 14.5 Å². The predicted octanol–water partition coefficient (Wildman–Crippen LogP) is 5.84. The molecule has 1 aliphatic heterocycles. The third-order valence-electron chi connectivity index (χ3n) is 4.36. The molecule has 0 saturated carbocycles. The molecule has 28 heavy (non-hydrogen) atoms. The number of thioether (sulfide) groups is 1. The summed E-state index contributed by atoms with van der Waals surface area (Å²) in [6, 6.07) is 21.9. The first-order valence-corrected chi connectivity index (χ1v) is 9.59. The van der Waals surface area contributed by atoms with Crippen LogP contribution >= 0.6 is 11.8 Å². The molecule has 0 spiro atoms. The fourth-order valence-corrected chi connectivity index (χ4v) is 3.79. The highest BCUT2D eigenvalue weighted by Gasteiger charge is 2.34. The monoisotopic (exact) mass is 387 g/mol. The SMILES string of the molecule is C=CCN1C(=O)S/C(=C/c2ccc(-c3ccc(-c4ccccc4)cc3)o2)C1=O. The van der Waals surface area contributed by atoms with Gasteiger partial charge >= 0.3 is 0 Å². The summed E-state index contributed by atoms with van der Waals surface area (Å²) < 4.78 is 5.86. The lowest BCUT2D eigenvalue weighted by molar-refractivity contribution is -0.122. The van der Waals surface area contributed by atoms with Gasteiger partial charge in [-0.05, 0) is 35.0 Å². The smallest absolute Gasteiger partial charge is 0.293 e. The Bertz CT molecular complexity index is 1060. The first-order valence-electron chi connectivity index (χ1n) is 8.77. The average molecular weight is 387 g/mol. The van der Waals surface area contributed by atoms with Crippen molar-refractivity contribution < 1.29 is 14.0 Å². The summed E-state index contributed by atoms with van der Waals surface area (Å²) in [7, 11) is 0. The lowest BCUT2D eigenvalue weighted by Gasteiger charge is -2.07. The van der Waals surface area contributed by atoms with E-state index in [-0.39, 0.29) is 17.7 Å². The molecule has 4 rings (SSSR count). The van der Waals surface area contributed by atoms with Crippen molar-refractivity contribution in [2.24, 2.45) is 0 Å². The summed E-state index contributed by atoms with van der Waals surface area (Å²) in [6.45, 7) is 3.78. The maximum Gasteiger partial charge on any atom is 0.293 e. The Labute approximate surface area is 167 Å². The number of carbonyl (C=O) groups is 2. The Morgan fingerprint density at radius 1 is 0.893 bits per heavy atom. The van der Waals surface area contributed by atoms with E-state index in [1.165, 1.54) is 6.08 Å². The highest BCUT2D eigenvalue weighted by atomic mass is 32.2. The van der Waals surface area contributed by atoms with Gasteiger partial charge in [-0.15, -0.1) is 6.58 Å². The molecule has 5 heteroatoms. The Morgan fingerprint density at radius 2 is 1.57 bits per heavy atom. The van der Waals surface area contributed by atoms with E-state index in [1.54, 1.807) is 12.1 Å². The van der Waals surface area contributed by atoms with Crippen molar-refractivity contribution in [3.05, 3.63) is 90.1 Å². The Morgan fingerprint density at radius 3 is 2.29 bits per heavy atom. The van der Waals surface area contributed by atoms with E-state index in [1.807, 2.05) is 48.5 Å². The molecule has 1 aromatic heterocycles. The second-order valence-electron chi connectivity index (χ2n) is 6.23.